The Bertz CT molecular complexity index is 370. The number of ether oxygens (including phenoxy) is 3. The van der Waals surface area contributed by atoms with Gasteiger partial charge in [0.05, 0.1) is 21.3 Å². The molecule has 0 heterocycles. The molecule has 5 heteroatoms. The van der Waals surface area contributed by atoms with Crippen molar-refractivity contribution < 1.29 is 19.3 Å². The number of hydrogen-bond acceptors (Lipinski definition) is 5. The van der Waals surface area contributed by atoms with Gasteiger partial charge < -0.3 is 24.6 Å². The molecule has 2 N–H and O–H groups in total. The van der Waals surface area contributed by atoms with Crippen molar-refractivity contribution >= 4 is 0 Å². The highest BCUT2D eigenvalue weighted by Gasteiger charge is 2.12. The zero-order valence-corrected chi connectivity index (χ0v) is 12.0. The van der Waals surface area contributed by atoms with Crippen molar-refractivity contribution in [3.8, 4) is 17.2 Å². The number of methoxy groups -OCH3 is 3. The van der Waals surface area contributed by atoms with Gasteiger partial charge in [0.25, 0.3) is 0 Å². The molecule has 1 atom stereocenters. The summed E-state index contributed by atoms with van der Waals surface area (Å²) < 4.78 is 15.9. The fraction of sp³-hybridized carbons (Fsp3) is 0.571. The zero-order valence-electron chi connectivity index (χ0n) is 12.0. The van der Waals surface area contributed by atoms with Crippen LogP contribution in [0.1, 0.15) is 12.5 Å². The zero-order chi connectivity index (χ0) is 14.3. The maximum atomic E-state index is 8.97. The molecule has 0 amide bonds. The molecule has 0 bridgehead atoms. The smallest absolute Gasteiger partial charge is 0.203 e. The monoisotopic (exact) mass is 269 g/mol. The first-order chi connectivity index (χ1) is 9.15. The molecule has 0 radical (unpaired) electrons. The molecule has 1 unspecified atom stereocenters. The van der Waals surface area contributed by atoms with Crippen LogP contribution in [0.25, 0.3) is 0 Å². The Labute approximate surface area is 114 Å². The molecule has 19 heavy (non-hydrogen) atoms. The summed E-state index contributed by atoms with van der Waals surface area (Å²) >= 11 is 0. The second-order valence-electron chi connectivity index (χ2n) is 4.45. The van der Waals surface area contributed by atoms with Crippen LogP contribution in [-0.4, -0.2) is 39.6 Å². The number of aliphatic hydroxyl groups excluding tert-OH is 1. The Morgan fingerprint density at radius 2 is 1.68 bits per heavy atom. The molecule has 1 aromatic rings. The first kappa shape index (κ1) is 15.6. The second-order valence-corrected chi connectivity index (χ2v) is 4.45. The fourth-order valence-electron chi connectivity index (χ4n) is 1.76. The summed E-state index contributed by atoms with van der Waals surface area (Å²) in [6, 6.07) is 3.83. The quantitative estimate of drug-likeness (QED) is 0.747. The molecule has 0 fully saturated rings. The minimum atomic E-state index is 0.183. The summed E-state index contributed by atoms with van der Waals surface area (Å²) in [7, 11) is 4.78. The molecule has 1 rings (SSSR count). The summed E-state index contributed by atoms with van der Waals surface area (Å²) in [5.41, 5.74) is 1.04. The highest BCUT2D eigenvalue weighted by Crippen LogP contribution is 2.38. The average Bonchev–Trinajstić information content (AvgIpc) is 2.45. The third-order valence-corrected chi connectivity index (χ3v) is 2.86. The minimum Gasteiger partial charge on any atom is -0.493 e. The maximum absolute atomic E-state index is 8.97. The van der Waals surface area contributed by atoms with Crippen LogP contribution in [0.3, 0.4) is 0 Å². The van der Waals surface area contributed by atoms with E-state index in [1.54, 1.807) is 21.3 Å². The largest absolute Gasteiger partial charge is 0.493 e. The molecule has 0 aliphatic rings. The summed E-state index contributed by atoms with van der Waals surface area (Å²) in [6.07, 6.45) is 0. The first-order valence-corrected chi connectivity index (χ1v) is 6.26. The van der Waals surface area contributed by atoms with Crippen molar-refractivity contribution in [2.45, 2.75) is 13.5 Å². The lowest BCUT2D eigenvalue weighted by Crippen LogP contribution is -2.22. The molecule has 0 spiro atoms. The van der Waals surface area contributed by atoms with Crippen LogP contribution in [0.4, 0.5) is 0 Å². The van der Waals surface area contributed by atoms with E-state index in [9.17, 15) is 0 Å². The Morgan fingerprint density at radius 1 is 1.11 bits per heavy atom. The normalized spacial score (nSPS) is 12.1. The summed E-state index contributed by atoms with van der Waals surface area (Å²) in [5, 5.41) is 12.2. The highest BCUT2D eigenvalue weighted by atomic mass is 16.5. The number of benzene rings is 1. The van der Waals surface area contributed by atoms with Crippen LogP contribution in [0.2, 0.25) is 0 Å². The van der Waals surface area contributed by atoms with Gasteiger partial charge in [-0.05, 0) is 23.6 Å². The number of aliphatic hydroxyl groups is 1. The van der Waals surface area contributed by atoms with Gasteiger partial charge in [0.15, 0.2) is 11.5 Å². The number of hydrogen-bond donors (Lipinski definition) is 2. The fourth-order valence-corrected chi connectivity index (χ4v) is 1.76. The van der Waals surface area contributed by atoms with Gasteiger partial charge in [-0.25, -0.2) is 0 Å². The summed E-state index contributed by atoms with van der Waals surface area (Å²) in [4.78, 5) is 0. The van der Waals surface area contributed by atoms with Crippen molar-refractivity contribution in [1.82, 2.24) is 5.32 Å². The van der Waals surface area contributed by atoms with E-state index in [-0.39, 0.29) is 12.5 Å². The standard InChI is InChI=1S/C14H23NO4/c1-10(9-16)7-15-8-11-5-12(17-2)14(19-4)13(6-11)18-3/h5-6,10,15-16H,7-9H2,1-4H3. The van der Waals surface area contributed by atoms with E-state index < -0.39 is 0 Å². The van der Waals surface area contributed by atoms with Gasteiger partial charge in [-0.2, -0.15) is 0 Å². The van der Waals surface area contributed by atoms with E-state index in [2.05, 4.69) is 5.32 Å². The molecule has 1 aromatic carbocycles. The van der Waals surface area contributed by atoms with Crippen molar-refractivity contribution in [2.24, 2.45) is 5.92 Å². The predicted octanol–water partition coefficient (Wildman–Crippen LogP) is 1.43. The van der Waals surface area contributed by atoms with Gasteiger partial charge >= 0.3 is 0 Å². The Kier molecular flexibility index (Phi) is 6.45. The maximum Gasteiger partial charge on any atom is 0.203 e. The van der Waals surface area contributed by atoms with Gasteiger partial charge in [0, 0.05) is 19.7 Å². The molecular formula is C14H23NO4. The first-order valence-electron chi connectivity index (χ1n) is 6.26. The molecular weight excluding hydrogens is 246 g/mol. The van der Waals surface area contributed by atoms with Gasteiger partial charge in [-0.1, -0.05) is 6.92 Å². The third-order valence-electron chi connectivity index (χ3n) is 2.86. The third kappa shape index (κ3) is 4.29. The Balaban J connectivity index is 2.79. The van der Waals surface area contributed by atoms with Crippen molar-refractivity contribution in [1.29, 1.82) is 0 Å². The minimum absolute atomic E-state index is 0.183. The number of nitrogens with one attached hydrogen (secondary N) is 1. The molecule has 0 aliphatic carbocycles. The van der Waals surface area contributed by atoms with E-state index in [1.165, 1.54) is 0 Å². The van der Waals surface area contributed by atoms with Crippen LogP contribution < -0.4 is 19.5 Å². The molecule has 0 aromatic heterocycles. The second kappa shape index (κ2) is 7.86. The van der Waals surface area contributed by atoms with Gasteiger partial charge in [-0.3, -0.25) is 0 Å². The van der Waals surface area contributed by atoms with Crippen LogP contribution in [0, 0.1) is 5.92 Å². The Hall–Kier alpha value is -1.46. The van der Waals surface area contributed by atoms with Crippen LogP contribution >= 0.6 is 0 Å². The van der Waals surface area contributed by atoms with E-state index in [1.807, 2.05) is 19.1 Å². The summed E-state index contributed by atoms with van der Waals surface area (Å²) in [6.45, 7) is 3.61. The van der Waals surface area contributed by atoms with Gasteiger partial charge in [0.2, 0.25) is 5.75 Å². The average molecular weight is 269 g/mol. The number of rotatable bonds is 8. The van der Waals surface area contributed by atoms with Crippen molar-refractivity contribution in [3.05, 3.63) is 17.7 Å². The van der Waals surface area contributed by atoms with Crippen molar-refractivity contribution in [2.75, 3.05) is 34.5 Å². The van der Waals surface area contributed by atoms with Gasteiger partial charge in [0.1, 0.15) is 0 Å². The van der Waals surface area contributed by atoms with Gasteiger partial charge in [-0.15, -0.1) is 0 Å². The lowest BCUT2D eigenvalue weighted by Gasteiger charge is -2.15. The molecule has 0 saturated carbocycles. The molecule has 5 nitrogen and oxygen atoms in total. The van der Waals surface area contributed by atoms with E-state index in [0.29, 0.717) is 23.8 Å². The van der Waals surface area contributed by atoms with E-state index in [4.69, 9.17) is 19.3 Å². The predicted molar refractivity (Wildman–Crippen MR) is 74.1 cm³/mol. The van der Waals surface area contributed by atoms with Crippen molar-refractivity contribution in [3.63, 3.8) is 0 Å². The highest BCUT2D eigenvalue weighted by molar-refractivity contribution is 5.53. The van der Waals surface area contributed by atoms with Crippen LogP contribution in [0.15, 0.2) is 12.1 Å². The van der Waals surface area contributed by atoms with Crippen LogP contribution in [-0.2, 0) is 6.54 Å². The molecule has 0 aliphatic heterocycles. The van der Waals surface area contributed by atoms with Crippen LogP contribution in [0.5, 0.6) is 17.2 Å². The van der Waals surface area contributed by atoms with E-state index >= 15 is 0 Å². The molecule has 108 valence electrons. The lowest BCUT2D eigenvalue weighted by molar-refractivity contribution is 0.233. The SMILES string of the molecule is COc1cc(CNCC(C)CO)cc(OC)c1OC. The lowest BCUT2D eigenvalue weighted by atomic mass is 10.1. The van der Waals surface area contributed by atoms with E-state index in [0.717, 1.165) is 12.1 Å². The molecule has 0 saturated heterocycles. The topological polar surface area (TPSA) is 60.0 Å². The Morgan fingerprint density at radius 3 is 2.11 bits per heavy atom. The summed E-state index contributed by atoms with van der Waals surface area (Å²) in [5.74, 6) is 2.13.